The summed E-state index contributed by atoms with van der Waals surface area (Å²) in [5, 5.41) is 6.34. The van der Waals surface area contributed by atoms with E-state index in [1.165, 1.54) is 0 Å². The van der Waals surface area contributed by atoms with Crippen LogP contribution in [-0.2, 0) is 9.53 Å². The summed E-state index contributed by atoms with van der Waals surface area (Å²) < 4.78 is 4.89. The van der Waals surface area contributed by atoms with Crippen LogP contribution in [0.3, 0.4) is 0 Å². The van der Waals surface area contributed by atoms with Gasteiger partial charge in [0.1, 0.15) is 0 Å². The lowest BCUT2D eigenvalue weighted by Crippen LogP contribution is -2.40. The molecule has 0 spiro atoms. The van der Waals surface area contributed by atoms with E-state index in [1.54, 1.807) is 7.11 Å². The molecule has 1 aliphatic rings. The Kier molecular flexibility index (Phi) is 6.31. The Morgan fingerprint density at radius 3 is 3.13 bits per heavy atom. The average Bonchev–Trinajstić information content (AvgIpc) is 2.52. The summed E-state index contributed by atoms with van der Waals surface area (Å²) in [6.07, 6.45) is 1.05. The summed E-state index contributed by atoms with van der Waals surface area (Å²) in [6.45, 7) is 5.42. The van der Waals surface area contributed by atoms with Crippen molar-refractivity contribution in [2.45, 2.75) is 6.42 Å². The molecule has 5 heteroatoms. The predicted octanol–water partition coefficient (Wildman–Crippen LogP) is -0.956. The minimum Gasteiger partial charge on any atom is -0.383 e. The molecule has 1 fully saturated rings. The summed E-state index contributed by atoms with van der Waals surface area (Å²) >= 11 is 0. The van der Waals surface area contributed by atoms with E-state index in [-0.39, 0.29) is 5.91 Å². The standard InChI is InChI=1S/C10H21N3O2/c1-15-8-5-12-9-10(14)13-6-2-3-11-4-7-13/h11-12H,2-9H2,1H3. The van der Waals surface area contributed by atoms with E-state index in [1.807, 2.05) is 4.90 Å². The Hall–Kier alpha value is -0.650. The van der Waals surface area contributed by atoms with Crippen LogP contribution in [0, 0.1) is 0 Å². The first-order valence-corrected chi connectivity index (χ1v) is 5.52. The van der Waals surface area contributed by atoms with Crippen molar-refractivity contribution in [2.24, 2.45) is 0 Å². The first-order valence-electron chi connectivity index (χ1n) is 5.52. The van der Waals surface area contributed by atoms with Gasteiger partial charge in [0.25, 0.3) is 0 Å². The molecule has 1 saturated heterocycles. The summed E-state index contributed by atoms with van der Waals surface area (Å²) in [6, 6.07) is 0. The molecule has 0 aromatic heterocycles. The van der Waals surface area contributed by atoms with Crippen molar-refractivity contribution in [2.75, 3.05) is 53.0 Å². The molecule has 0 aromatic carbocycles. The van der Waals surface area contributed by atoms with Gasteiger partial charge in [-0.3, -0.25) is 4.79 Å². The minimum atomic E-state index is 0.190. The molecule has 0 saturated carbocycles. The predicted molar refractivity (Wildman–Crippen MR) is 58.8 cm³/mol. The van der Waals surface area contributed by atoms with Gasteiger partial charge in [-0.25, -0.2) is 0 Å². The minimum absolute atomic E-state index is 0.190. The maximum absolute atomic E-state index is 11.7. The zero-order valence-corrected chi connectivity index (χ0v) is 9.42. The van der Waals surface area contributed by atoms with Crippen molar-refractivity contribution in [3.8, 4) is 0 Å². The first-order chi connectivity index (χ1) is 7.34. The van der Waals surface area contributed by atoms with Gasteiger partial charge in [-0.15, -0.1) is 0 Å². The lowest BCUT2D eigenvalue weighted by molar-refractivity contribution is -0.130. The third-order valence-corrected chi connectivity index (χ3v) is 2.45. The van der Waals surface area contributed by atoms with Gasteiger partial charge in [0.2, 0.25) is 5.91 Å². The number of hydrogen-bond acceptors (Lipinski definition) is 4. The van der Waals surface area contributed by atoms with Gasteiger partial charge in [-0.1, -0.05) is 0 Å². The van der Waals surface area contributed by atoms with Gasteiger partial charge < -0.3 is 20.3 Å². The molecule has 1 amide bonds. The fraction of sp³-hybridized carbons (Fsp3) is 0.900. The number of rotatable bonds is 5. The van der Waals surface area contributed by atoms with Crippen molar-refractivity contribution in [1.29, 1.82) is 0 Å². The van der Waals surface area contributed by atoms with Crippen molar-refractivity contribution in [1.82, 2.24) is 15.5 Å². The van der Waals surface area contributed by atoms with Crippen LogP contribution < -0.4 is 10.6 Å². The molecule has 0 radical (unpaired) electrons. The smallest absolute Gasteiger partial charge is 0.236 e. The SMILES string of the molecule is COCCNCC(=O)N1CCCNCC1. The fourth-order valence-corrected chi connectivity index (χ4v) is 1.58. The molecule has 0 bridgehead atoms. The summed E-state index contributed by atoms with van der Waals surface area (Å²) in [7, 11) is 1.66. The normalized spacial score (nSPS) is 17.5. The quantitative estimate of drug-likeness (QED) is 0.580. The number of amides is 1. The molecule has 88 valence electrons. The Morgan fingerprint density at radius 2 is 2.33 bits per heavy atom. The molecule has 0 aliphatic carbocycles. The van der Waals surface area contributed by atoms with Gasteiger partial charge in [-0.05, 0) is 13.0 Å². The monoisotopic (exact) mass is 215 g/mol. The number of nitrogens with one attached hydrogen (secondary N) is 2. The molecule has 5 nitrogen and oxygen atoms in total. The molecule has 0 atom stereocenters. The number of hydrogen-bond donors (Lipinski definition) is 2. The Morgan fingerprint density at radius 1 is 1.47 bits per heavy atom. The summed E-state index contributed by atoms with van der Waals surface area (Å²) in [4.78, 5) is 13.6. The van der Waals surface area contributed by atoms with E-state index in [2.05, 4.69) is 10.6 Å². The van der Waals surface area contributed by atoms with Crippen molar-refractivity contribution in [3.63, 3.8) is 0 Å². The number of ether oxygens (including phenoxy) is 1. The van der Waals surface area contributed by atoms with Crippen LogP contribution in [0.4, 0.5) is 0 Å². The second-order valence-electron chi connectivity index (χ2n) is 3.65. The molecular weight excluding hydrogens is 194 g/mol. The summed E-state index contributed by atoms with van der Waals surface area (Å²) in [5.74, 6) is 0.190. The second kappa shape index (κ2) is 7.62. The fourth-order valence-electron chi connectivity index (χ4n) is 1.58. The van der Waals surface area contributed by atoms with Gasteiger partial charge in [0.05, 0.1) is 13.2 Å². The van der Waals surface area contributed by atoms with E-state index < -0.39 is 0 Å². The maximum atomic E-state index is 11.7. The topological polar surface area (TPSA) is 53.6 Å². The van der Waals surface area contributed by atoms with Crippen LogP contribution in [0.5, 0.6) is 0 Å². The molecule has 0 aromatic rings. The first kappa shape index (κ1) is 12.4. The van der Waals surface area contributed by atoms with Gasteiger partial charge in [-0.2, -0.15) is 0 Å². The molecule has 15 heavy (non-hydrogen) atoms. The van der Waals surface area contributed by atoms with E-state index in [0.29, 0.717) is 13.2 Å². The van der Waals surface area contributed by atoms with Crippen LogP contribution in [-0.4, -0.2) is 63.8 Å². The Labute approximate surface area is 91.2 Å². The molecule has 2 N–H and O–H groups in total. The van der Waals surface area contributed by atoms with E-state index in [4.69, 9.17) is 4.74 Å². The van der Waals surface area contributed by atoms with Crippen LogP contribution in [0.1, 0.15) is 6.42 Å². The molecular formula is C10H21N3O2. The van der Waals surface area contributed by atoms with E-state index in [0.717, 1.165) is 39.1 Å². The van der Waals surface area contributed by atoms with Crippen LogP contribution in [0.2, 0.25) is 0 Å². The van der Waals surface area contributed by atoms with Gasteiger partial charge in [0.15, 0.2) is 0 Å². The number of carbonyl (C=O) groups is 1. The highest BCUT2D eigenvalue weighted by Gasteiger charge is 2.13. The van der Waals surface area contributed by atoms with Crippen LogP contribution in [0.15, 0.2) is 0 Å². The van der Waals surface area contributed by atoms with Crippen LogP contribution in [0.25, 0.3) is 0 Å². The number of methoxy groups -OCH3 is 1. The van der Waals surface area contributed by atoms with E-state index >= 15 is 0 Å². The van der Waals surface area contributed by atoms with Gasteiger partial charge >= 0.3 is 0 Å². The number of carbonyl (C=O) groups excluding carboxylic acids is 1. The zero-order valence-electron chi connectivity index (χ0n) is 9.42. The van der Waals surface area contributed by atoms with Gasteiger partial charge in [0, 0.05) is 33.3 Å². The third-order valence-electron chi connectivity index (χ3n) is 2.45. The lowest BCUT2D eigenvalue weighted by Gasteiger charge is -2.20. The zero-order chi connectivity index (χ0) is 10.9. The highest BCUT2D eigenvalue weighted by molar-refractivity contribution is 5.78. The average molecular weight is 215 g/mol. The maximum Gasteiger partial charge on any atom is 0.236 e. The highest BCUT2D eigenvalue weighted by atomic mass is 16.5. The third kappa shape index (κ3) is 5.11. The Bertz CT molecular complexity index is 180. The molecule has 1 heterocycles. The van der Waals surface area contributed by atoms with E-state index in [9.17, 15) is 4.79 Å². The molecule has 0 unspecified atom stereocenters. The Balaban J connectivity index is 2.14. The summed E-state index contributed by atoms with van der Waals surface area (Å²) in [5.41, 5.74) is 0. The number of nitrogens with zero attached hydrogens (tertiary/aromatic N) is 1. The van der Waals surface area contributed by atoms with Crippen molar-refractivity contribution < 1.29 is 9.53 Å². The molecule has 1 rings (SSSR count). The van der Waals surface area contributed by atoms with Crippen molar-refractivity contribution >= 4 is 5.91 Å². The second-order valence-corrected chi connectivity index (χ2v) is 3.65. The largest absolute Gasteiger partial charge is 0.383 e. The van der Waals surface area contributed by atoms with Crippen LogP contribution >= 0.6 is 0 Å². The lowest BCUT2D eigenvalue weighted by atomic mass is 10.4. The van der Waals surface area contributed by atoms with Crippen molar-refractivity contribution in [3.05, 3.63) is 0 Å². The molecule has 1 aliphatic heterocycles. The highest BCUT2D eigenvalue weighted by Crippen LogP contribution is 1.95.